The Kier molecular flexibility index (Phi) is 8.70. The molecule has 3 heterocycles. The van der Waals surface area contributed by atoms with Crippen LogP contribution < -0.4 is 10.1 Å². The number of hydrogen-bond acceptors (Lipinski definition) is 9. The number of Topliss-reactive ketones (excluding diaryl/α,β-unsaturated/α-hetero) is 1. The summed E-state index contributed by atoms with van der Waals surface area (Å²) >= 11 is 0.749. The van der Waals surface area contributed by atoms with Crippen molar-refractivity contribution in [3.8, 4) is 16.3 Å². The summed E-state index contributed by atoms with van der Waals surface area (Å²) < 4.78 is 82.9. The Hall–Kier alpha value is -3.63. The van der Waals surface area contributed by atoms with Gasteiger partial charge in [0, 0.05) is 49.7 Å². The Labute approximate surface area is 227 Å². The van der Waals surface area contributed by atoms with Gasteiger partial charge in [0.25, 0.3) is 0 Å². The number of likely N-dealkylation sites (N-methyl/N-ethyl adjacent to an activating group) is 1. The first-order chi connectivity index (χ1) is 18.8. The fourth-order valence-electron chi connectivity index (χ4n) is 3.90. The van der Waals surface area contributed by atoms with E-state index < -0.39 is 42.0 Å². The standard InChI is InChI=1S/C24H22F6N6O3S/c1-35-6-8-36(9-7-35)13-20(38)32-17-10-14(2-3-19(17)39-24(28,29)30)18(37)11-21-33-34-22(40-21)15-12-31-5-4-16(15)23(25,26)27/h2-5,10,12H,6-9,11,13H2,1H3,(H,32,38). The minimum Gasteiger partial charge on any atom is -0.404 e. The van der Waals surface area contributed by atoms with E-state index in [0.29, 0.717) is 13.1 Å². The predicted octanol–water partition coefficient (Wildman–Crippen LogP) is 4.13. The van der Waals surface area contributed by atoms with Crippen molar-refractivity contribution in [2.75, 3.05) is 45.1 Å². The van der Waals surface area contributed by atoms with Gasteiger partial charge in [-0.2, -0.15) is 13.2 Å². The summed E-state index contributed by atoms with van der Waals surface area (Å²) in [6.07, 6.45) is -8.12. The molecule has 1 aliphatic rings. The summed E-state index contributed by atoms with van der Waals surface area (Å²) in [4.78, 5) is 33.1. The first kappa shape index (κ1) is 29.4. The third kappa shape index (κ3) is 7.73. The van der Waals surface area contributed by atoms with Crippen LogP contribution in [0.2, 0.25) is 0 Å². The molecule has 9 nitrogen and oxygen atoms in total. The van der Waals surface area contributed by atoms with Gasteiger partial charge in [-0.15, -0.1) is 23.4 Å². The Bertz CT molecular complexity index is 1370. The van der Waals surface area contributed by atoms with Crippen molar-refractivity contribution in [2.45, 2.75) is 19.0 Å². The molecule has 1 amide bonds. The zero-order valence-electron chi connectivity index (χ0n) is 20.8. The van der Waals surface area contributed by atoms with Gasteiger partial charge in [-0.3, -0.25) is 19.5 Å². The number of benzene rings is 1. The molecule has 0 atom stereocenters. The molecule has 0 radical (unpaired) electrons. The summed E-state index contributed by atoms with van der Waals surface area (Å²) in [5.74, 6) is -1.91. The molecule has 1 saturated heterocycles. The number of halogens is 6. The third-order valence-electron chi connectivity index (χ3n) is 5.90. The molecule has 0 unspecified atom stereocenters. The van der Waals surface area contributed by atoms with Crippen LogP contribution in [0, 0.1) is 0 Å². The topological polar surface area (TPSA) is 101 Å². The van der Waals surface area contributed by atoms with Crippen LogP contribution in [0.5, 0.6) is 5.75 Å². The van der Waals surface area contributed by atoms with Crippen LogP contribution in [0.25, 0.3) is 10.6 Å². The number of nitrogens with one attached hydrogen (secondary N) is 1. The number of hydrogen-bond donors (Lipinski definition) is 1. The lowest BCUT2D eigenvalue weighted by Gasteiger charge is -2.31. The Morgan fingerprint density at radius 1 is 1.05 bits per heavy atom. The molecule has 16 heteroatoms. The molecule has 0 aliphatic carbocycles. The van der Waals surface area contributed by atoms with Gasteiger partial charge in [0.15, 0.2) is 11.5 Å². The highest BCUT2D eigenvalue weighted by molar-refractivity contribution is 7.14. The molecule has 0 spiro atoms. The van der Waals surface area contributed by atoms with E-state index in [2.05, 4.69) is 30.1 Å². The number of ether oxygens (including phenoxy) is 1. The number of anilines is 1. The van der Waals surface area contributed by atoms with E-state index in [1.54, 1.807) is 0 Å². The first-order valence-electron chi connectivity index (χ1n) is 11.8. The van der Waals surface area contributed by atoms with Crippen LogP contribution in [0.1, 0.15) is 20.9 Å². The van der Waals surface area contributed by atoms with Crippen LogP contribution >= 0.6 is 11.3 Å². The van der Waals surface area contributed by atoms with Gasteiger partial charge >= 0.3 is 12.5 Å². The highest BCUT2D eigenvalue weighted by Gasteiger charge is 2.35. The molecule has 40 heavy (non-hydrogen) atoms. The molecular formula is C24H22F6N6O3S. The molecule has 2 aromatic heterocycles. The number of aromatic nitrogens is 3. The Balaban J connectivity index is 1.51. The van der Waals surface area contributed by atoms with E-state index in [0.717, 1.165) is 61.1 Å². The van der Waals surface area contributed by atoms with Crippen molar-refractivity contribution in [2.24, 2.45) is 0 Å². The average Bonchev–Trinajstić information content (AvgIpc) is 3.33. The second kappa shape index (κ2) is 11.9. The van der Waals surface area contributed by atoms with E-state index in [9.17, 15) is 35.9 Å². The Morgan fingerprint density at radius 3 is 2.45 bits per heavy atom. The molecule has 1 aliphatic heterocycles. The van der Waals surface area contributed by atoms with Crippen molar-refractivity contribution >= 4 is 28.7 Å². The van der Waals surface area contributed by atoms with Crippen molar-refractivity contribution in [1.29, 1.82) is 0 Å². The summed E-state index contributed by atoms with van der Waals surface area (Å²) in [5, 5.41) is 9.90. The quantitative estimate of drug-likeness (QED) is 0.310. The molecule has 214 valence electrons. The highest BCUT2D eigenvalue weighted by atomic mass is 32.1. The normalized spacial score (nSPS) is 15.2. The summed E-state index contributed by atoms with van der Waals surface area (Å²) in [6, 6.07) is 3.84. The number of carbonyl (C=O) groups is 2. The van der Waals surface area contributed by atoms with E-state index in [1.807, 2.05) is 11.9 Å². The summed E-state index contributed by atoms with van der Waals surface area (Å²) in [6.45, 7) is 2.58. The van der Waals surface area contributed by atoms with E-state index in [4.69, 9.17) is 0 Å². The summed E-state index contributed by atoms with van der Waals surface area (Å²) in [7, 11) is 1.93. The third-order valence-corrected chi connectivity index (χ3v) is 6.86. The fraction of sp³-hybridized carbons (Fsp3) is 0.375. The molecule has 1 fully saturated rings. The monoisotopic (exact) mass is 588 g/mol. The number of nitrogens with zero attached hydrogens (tertiary/aromatic N) is 5. The molecule has 3 aromatic rings. The van der Waals surface area contributed by atoms with Crippen LogP contribution in [-0.2, 0) is 17.4 Å². The maximum Gasteiger partial charge on any atom is 0.573 e. The maximum atomic E-state index is 13.3. The Morgan fingerprint density at radius 2 is 1.77 bits per heavy atom. The number of rotatable bonds is 8. The van der Waals surface area contributed by atoms with Crippen molar-refractivity contribution in [3.63, 3.8) is 0 Å². The van der Waals surface area contributed by atoms with Crippen LogP contribution in [0.3, 0.4) is 0 Å². The minimum atomic E-state index is -5.05. The number of alkyl halides is 6. The largest absolute Gasteiger partial charge is 0.573 e. The van der Waals surface area contributed by atoms with Gasteiger partial charge in [-0.1, -0.05) is 11.3 Å². The highest BCUT2D eigenvalue weighted by Crippen LogP contribution is 2.37. The predicted molar refractivity (Wildman–Crippen MR) is 132 cm³/mol. The second-order valence-corrected chi connectivity index (χ2v) is 9.97. The van der Waals surface area contributed by atoms with Crippen LogP contribution in [0.15, 0.2) is 36.7 Å². The van der Waals surface area contributed by atoms with Gasteiger partial charge in [0.05, 0.1) is 24.2 Å². The summed E-state index contributed by atoms with van der Waals surface area (Å²) in [5.41, 5.74) is -1.69. The average molecular weight is 589 g/mol. The fourth-order valence-corrected chi connectivity index (χ4v) is 4.76. The molecule has 1 aromatic carbocycles. The number of ketones is 1. The zero-order chi connectivity index (χ0) is 29.1. The van der Waals surface area contributed by atoms with Crippen LogP contribution in [0.4, 0.5) is 32.0 Å². The SMILES string of the molecule is CN1CCN(CC(=O)Nc2cc(C(=O)Cc3nnc(-c4cnccc4C(F)(F)F)s3)ccc2OC(F)(F)F)CC1. The maximum absolute atomic E-state index is 13.3. The molecular weight excluding hydrogens is 566 g/mol. The lowest BCUT2D eigenvalue weighted by atomic mass is 10.1. The van der Waals surface area contributed by atoms with E-state index >= 15 is 0 Å². The van der Waals surface area contributed by atoms with Crippen molar-refractivity contribution in [3.05, 3.63) is 52.8 Å². The first-order valence-corrected chi connectivity index (χ1v) is 12.6. The number of amides is 1. The van der Waals surface area contributed by atoms with Crippen molar-refractivity contribution < 1.29 is 40.7 Å². The van der Waals surface area contributed by atoms with Gasteiger partial charge in [0.1, 0.15) is 10.0 Å². The smallest absolute Gasteiger partial charge is 0.404 e. The van der Waals surface area contributed by atoms with E-state index in [1.165, 1.54) is 0 Å². The second-order valence-electron chi connectivity index (χ2n) is 8.91. The molecule has 1 N–H and O–H groups in total. The lowest BCUT2D eigenvalue weighted by Crippen LogP contribution is -2.47. The zero-order valence-corrected chi connectivity index (χ0v) is 21.7. The van der Waals surface area contributed by atoms with Gasteiger partial charge < -0.3 is 15.0 Å². The number of pyridine rings is 1. The number of piperazine rings is 1. The van der Waals surface area contributed by atoms with Crippen LogP contribution in [-0.4, -0.2) is 82.8 Å². The molecule has 4 rings (SSSR count). The van der Waals surface area contributed by atoms with Gasteiger partial charge in [0.2, 0.25) is 5.91 Å². The van der Waals surface area contributed by atoms with Gasteiger partial charge in [-0.25, -0.2) is 0 Å². The van der Waals surface area contributed by atoms with E-state index in [-0.39, 0.29) is 33.4 Å². The van der Waals surface area contributed by atoms with Gasteiger partial charge in [-0.05, 0) is 31.3 Å². The number of carbonyl (C=O) groups excluding carboxylic acids is 2. The van der Waals surface area contributed by atoms with Crippen molar-refractivity contribution in [1.82, 2.24) is 25.0 Å². The minimum absolute atomic E-state index is 0.0701. The lowest BCUT2D eigenvalue weighted by molar-refractivity contribution is -0.274. The molecule has 0 saturated carbocycles. The molecule has 0 bridgehead atoms.